The molecule has 1 aliphatic rings. The number of benzene rings is 2. The molecular weight excluding hydrogens is 437 g/mol. The molecular formula is C27H30FNO5. The van der Waals surface area contributed by atoms with Gasteiger partial charge in [-0.15, -0.1) is 0 Å². The molecule has 0 amide bonds. The van der Waals surface area contributed by atoms with Crippen molar-refractivity contribution < 1.29 is 28.2 Å². The summed E-state index contributed by atoms with van der Waals surface area (Å²) in [4.78, 5) is 16.0. The van der Waals surface area contributed by atoms with Crippen LogP contribution in [0.2, 0.25) is 0 Å². The van der Waals surface area contributed by atoms with E-state index >= 15 is 0 Å². The van der Waals surface area contributed by atoms with Crippen LogP contribution < -0.4 is 0 Å². The summed E-state index contributed by atoms with van der Waals surface area (Å²) < 4.78 is 30.8. The Hall–Kier alpha value is -3.03. The lowest BCUT2D eigenvalue weighted by atomic mass is 9.96. The molecule has 1 aliphatic carbocycles. The number of oxazole rings is 1. The number of carboxylic acids is 1. The number of rotatable bonds is 8. The molecule has 1 fully saturated rings. The van der Waals surface area contributed by atoms with Gasteiger partial charge in [0.2, 0.25) is 5.89 Å². The Kier molecular flexibility index (Phi) is 8.08. The first kappa shape index (κ1) is 24.1. The van der Waals surface area contributed by atoms with E-state index in [1.807, 2.05) is 25.1 Å². The van der Waals surface area contributed by atoms with Crippen LogP contribution in [-0.2, 0) is 22.7 Å². The Balaban J connectivity index is 1.23. The summed E-state index contributed by atoms with van der Waals surface area (Å²) in [5.41, 5.74) is 3.27. The van der Waals surface area contributed by atoms with Gasteiger partial charge in [0.1, 0.15) is 17.8 Å². The minimum absolute atomic E-state index is 0.122. The van der Waals surface area contributed by atoms with Gasteiger partial charge in [-0.3, -0.25) is 0 Å². The molecule has 34 heavy (non-hydrogen) atoms. The summed E-state index contributed by atoms with van der Waals surface area (Å²) >= 11 is 0. The summed E-state index contributed by atoms with van der Waals surface area (Å²) in [5, 5.41) is 9.50. The van der Waals surface area contributed by atoms with Crippen LogP contribution in [0.1, 0.15) is 65.7 Å². The quantitative estimate of drug-likeness (QED) is 0.418. The van der Waals surface area contributed by atoms with Gasteiger partial charge in [0.25, 0.3) is 0 Å². The van der Waals surface area contributed by atoms with Gasteiger partial charge in [-0.05, 0) is 80.8 Å². The first-order chi connectivity index (χ1) is 16.5. The molecule has 2 aromatic carbocycles. The second-order valence-electron chi connectivity index (χ2n) is 8.79. The number of aromatic nitrogens is 1. The fraction of sp³-hybridized carbons (Fsp3) is 0.407. The van der Waals surface area contributed by atoms with Crippen LogP contribution in [0.5, 0.6) is 0 Å². The van der Waals surface area contributed by atoms with E-state index in [-0.39, 0.29) is 18.0 Å². The number of nitrogens with zero attached hydrogens (tertiary/aromatic N) is 1. The van der Waals surface area contributed by atoms with E-state index in [1.165, 1.54) is 12.1 Å². The Morgan fingerprint density at radius 1 is 1.03 bits per heavy atom. The molecule has 180 valence electrons. The third kappa shape index (κ3) is 6.30. The summed E-state index contributed by atoms with van der Waals surface area (Å²) in [6.45, 7) is 2.50. The maximum absolute atomic E-state index is 13.1. The topological polar surface area (TPSA) is 81.8 Å². The summed E-state index contributed by atoms with van der Waals surface area (Å²) in [6.07, 6.45) is 7.55. The van der Waals surface area contributed by atoms with Crippen molar-refractivity contribution in [3.05, 3.63) is 76.9 Å². The maximum Gasteiger partial charge on any atom is 0.336 e. The molecule has 1 heterocycles. The predicted octanol–water partition coefficient (Wildman–Crippen LogP) is 6.31. The number of carboxylic acid groups (broad SMARTS) is 1. The zero-order chi connectivity index (χ0) is 23.9. The highest BCUT2D eigenvalue weighted by Gasteiger charge is 2.20. The monoisotopic (exact) mass is 467 g/mol. The van der Waals surface area contributed by atoms with Gasteiger partial charge in [0.05, 0.1) is 31.0 Å². The van der Waals surface area contributed by atoms with Crippen LogP contribution >= 0.6 is 0 Å². The van der Waals surface area contributed by atoms with E-state index in [9.17, 15) is 14.3 Å². The maximum atomic E-state index is 13.1. The number of aryl methyl sites for hydroxylation is 1. The highest BCUT2D eigenvalue weighted by molar-refractivity contribution is 5.91. The Bertz CT molecular complexity index is 1080. The number of hydrogen-bond acceptors (Lipinski definition) is 5. The largest absolute Gasteiger partial charge is 0.478 e. The van der Waals surface area contributed by atoms with Crippen molar-refractivity contribution in [2.24, 2.45) is 0 Å². The Labute approximate surface area is 198 Å². The van der Waals surface area contributed by atoms with E-state index in [2.05, 4.69) is 4.98 Å². The van der Waals surface area contributed by atoms with Crippen molar-refractivity contribution in [3.63, 3.8) is 0 Å². The number of aromatic carboxylic acids is 1. The minimum atomic E-state index is -0.911. The van der Waals surface area contributed by atoms with Gasteiger partial charge in [0, 0.05) is 5.56 Å². The van der Waals surface area contributed by atoms with Gasteiger partial charge >= 0.3 is 5.97 Å². The lowest BCUT2D eigenvalue weighted by Gasteiger charge is -2.25. The Morgan fingerprint density at radius 3 is 2.32 bits per heavy atom. The molecule has 1 saturated carbocycles. The molecule has 3 aromatic rings. The fourth-order valence-electron chi connectivity index (χ4n) is 4.43. The molecule has 0 atom stereocenters. The number of ether oxygens (including phenoxy) is 2. The SMILES string of the molecule is Cc1cccc(COC2CCCC(OCc3coc(-c4ccc(F)cc4)n3)CCC2)c1C(=O)O. The molecule has 0 bridgehead atoms. The average Bonchev–Trinajstić information content (AvgIpc) is 3.27. The molecule has 0 saturated heterocycles. The van der Waals surface area contributed by atoms with E-state index in [0.717, 1.165) is 60.9 Å². The standard InChI is InChI=1S/C27H30FNO5/c1-18-5-2-6-20(25(18)27(30)31)15-32-23-7-3-9-24(10-4-8-23)33-16-22-17-34-26(29-22)19-11-13-21(28)14-12-19/h2,5-6,11-14,17,23-24H,3-4,7-10,15-16H2,1H3,(H,30,31). The molecule has 4 rings (SSSR count). The number of hydrogen-bond donors (Lipinski definition) is 1. The van der Waals surface area contributed by atoms with Crippen LogP contribution in [0.3, 0.4) is 0 Å². The highest BCUT2D eigenvalue weighted by atomic mass is 19.1. The number of carbonyl (C=O) groups is 1. The van der Waals surface area contributed by atoms with Gasteiger partial charge in [-0.1, -0.05) is 18.2 Å². The third-order valence-electron chi connectivity index (χ3n) is 6.26. The zero-order valence-electron chi connectivity index (χ0n) is 19.3. The van der Waals surface area contributed by atoms with Crippen molar-refractivity contribution in [2.75, 3.05) is 0 Å². The lowest BCUT2D eigenvalue weighted by molar-refractivity contribution is -0.00954. The molecule has 7 heteroatoms. The summed E-state index contributed by atoms with van der Waals surface area (Å²) in [5.74, 6) is -0.752. The van der Waals surface area contributed by atoms with Crippen molar-refractivity contribution >= 4 is 5.97 Å². The number of halogens is 1. The average molecular weight is 468 g/mol. The molecule has 0 spiro atoms. The first-order valence-corrected chi connectivity index (χ1v) is 11.7. The molecule has 6 nitrogen and oxygen atoms in total. The van der Waals surface area contributed by atoms with Crippen LogP contribution in [0.4, 0.5) is 4.39 Å². The van der Waals surface area contributed by atoms with Crippen LogP contribution in [-0.4, -0.2) is 28.3 Å². The van der Waals surface area contributed by atoms with Crippen molar-refractivity contribution in [3.8, 4) is 11.5 Å². The van der Waals surface area contributed by atoms with Gasteiger partial charge in [-0.2, -0.15) is 0 Å². The molecule has 0 aliphatic heterocycles. The van der Waals surface area contributed by atoms with E-state index < -0.39 is 5.97 Å². The zero-order valence-corrected chi connectivity index (χ0v) is 19.3. The molecule has 0 unspecified atom stereocenters. The summed E-state index contributed by atoms with van der Waals surface area (Å²) in [7, 11) is 0. The van der Waals surface area contributed by atoms with Crippen molar-refractivity contribution in [1.82, 2.24) is 4.98 Å². The summed E-state index contributed by atoms with van der Waals surface area (Å²) in [6, 6.07) is 11.6. The van der Waals surface area contributed by atoms with Gasteiger partial charge < -0.3 is 19.0 Å². The lowest BCUT2D eigenvalue weighted by Crippen LogP contribution is -2.21. The van der Waals surface area contributed by atoms with E-state index in [1.54, 1.807) is 18.4 Å². The van der Waals surface area contributed by atoms with Gasteiger partial charge in [0.15, 0.2) is 0 Å². The predicted molar refractivity (Wildman–Crippen MR) is 125 cm³/mol. The van der Waals surface area contributed by atoms with Gasteiger partial charge in [-0.25, -0.2) is 14.2 Å². The molecule has 0 radical (unpaired) electrons. The second-order valence-corrected chi connectivity index (χ2v) is 8.79. The minimum Gasteiger partial charge on any atom is -0.478 e. The second kappa shape index (κ2) is 11.4. The van der Waals surface area contributed by atoms with E-state index in [0.29, 0.717) is 24.7 Å². The highest BCUT2D eigenvalue weighted by Crippen LogP contribution is 2.25. The van der Waals surface area contributed by atoms with Crippen LogP contribution in [0.15, 0.2) is 53.1 Å². The van der Waals surface area contributed by atoms with Crippen LogP contribution in [0.25, 0.3) is 11.5 Å². The molecule has 1 N–H and O–H groups in total. The van der Waals surface area contributed by atoms with Crippen molar-refractivity contribution in [2.45, 2.75) is 70.9 Å². The van der Waals surface area contributed by atoms with E-state index in [4.69, 9.17) is 13.9 Å². The first-order valence-electron chi connectivity index (χ1n) is 11.7. The third-order valence-corrected chi connectivity index (χ3v) is 6.26. The normalized spacial score (nSPS) is 18.9. The molecule has 1 aromatic heterocycles. The fourth-order valence-corrected chi connectivity index (χ4v) is 4.43. The van der Waals surface area contributed by atoms with Crippen molar-refractivity contribution in [1.29, 1.82) is 0 Å². The smallest absolute Gasteiger partial charge is 0.336 e. The Morgan fingerprint density at radius 2 is 1.68 bits per heavy atom. The van der Waals surface area contributed by atoms with Crippen LogP contribution in [0, 0.1) is 12.7 Å².